The van der Waals surface area contributed by atoms with Gasteiger partial charge in [-0.1, -0.05) is 30.3 Å². The second kappa shape index (κ2) is 6.31. The lowest BCUT2D eigenvalue weighted by Gasteiger charge is -2.09. The SMILES string of the molecule is O=C(NNS(=O)(=O)c1ccc2ccccc2c1)c1ccc(O)cc1. The van der Waals surface area contributed by atoms with E-state index in [1.807, 2.05) is 24.3 Å². The molecule has 1 amide bonds. The largest absolute Gasteiger partial charge is 0.508 e. The molecule has 0 fully saturated rings. The summed E-state index contributed by atoms with van der Waals surface area (Å²) in [6.45, 7) is 0. The highest BCUT2D eigenvalue weighted by Gasteiger charge is 2.16. The van der Waals surface area contributed by atoms with Crippen LogP contribution < -0.4 is 10.3 Å². The summed E-state index contributed by atoms with van der Waals surface area (Å²) in [5.74, 6) is -0.609. The summed E-state index contributed by atoms with van der Waals surface area (Å²) < 4.78 is 24.6. The summed E-state index contributed by atoms with van der Waals surface area (Å²) in [7, 11) is -3.89. The van der Waals surface area contributed by atoms with Gasteiger partial charge in [-0.25, -0.2) is 8.42 Å². The van der Waals surface area contributed by atoms with Crippen LogP contribution in [0.15, 0.2) is 71.6 Å². The van der Waals surface area contributed by atoms with Crippen molar-refractivity contribution in [1.29, 1.82) is 0 Å². The van der Waals surface area contributed by atoms with Gasteiger partial charge in [-0.3, -0.25) is 10.2 Å². The summed E-state index contributed by atoms with van der Waals surface area (Å²) in [5, 5.41) is 10.9. The molecule has 3 N–H and O–H groups in total. The van der Waals surface area contributed by atoms with Crippen LogP contribution in [-0.2, 0) is 10.0 Å². The number of aromatic hydroxyl groups is 1. The number of carbonyl (C=O) groups excluding carboxylic acids is 1. The van der Waals surface area contributed by atoms with Crippen molar-refractivity contribution in [2.24, 2.45) is 0 Å². The zero-order chi connectivity index (χ0) is 17.2. The number of hydrogen-bond acceptors (Lipinski definition) is 4. The molecular formula is C17H14N2O4S. The average Bonchev–Trinajstić information content (AvgIpc) is 2.60. The monoisotopic (exact) mass is 342 g/mol. The van der Waals surface area contributed by atoms with Crippen LogP contribution in [0.5, 0.6) is 5.75 Å². The van der Waals surface area contributed by atoms with Gasteiger partial charge in [0.25, 0.3) is 15.9 Å². The number of hydrogen-bond donors (Lipinski definition) is 3. The highest BCUT2D eigenvalue weighted by Crippen LogP contribution is 2.18. The van der Waals surface area contributed by atoms with Crippen molar-refractivity contribution >= 4 is 26.7 Å². The van der Waals surface area contributed by atoms with E-state index in [1.54, 1.807) is 6.07 Å². The summed E-state index contributed by atoms with van der Waals surface area (Å²) in [4.78, 5) is 14.0. The molecule has 3 rings (SSSR count). The molecule has 0 aliphatic carbocycles. The van der Waals surface area contributed by atoms with Gasteiger partial charge in [-0.05, 0) is 47.2 Å². The third kappa shape index (κ3) is 3.37. The van der Waals surface area contributed by atoms with Gasteiger partial charge in [0, 0.05) is 5.56 Å². The van der Waals surface area contributed by atoms with Crippen LogP contribution in [0, 0.1) is 0 Å². The molecule has 0 saturated carbocycles. The van der Waals surface area contributed by atoms with Crippen LogP contribution in [0.4, 0.5) is 0 Å². The maximum atomic E-state index is 12.3. The van der Waals surface area contributed by atoms with E-state index in [9.17, 15) is 18.3 Å². The molecule has 7 heteroatoms. The molecule has 0 aliphatic heterocycles. The summed E-state index contributed by atoms with van der Waals surface area (Å²) in [6.07, 6.45) is 0. The normalized spacial score (nSPS) is 11.3. The van der Waals surface area contributed by atoms with Gasteiger partial charge in [0.2, 0.25) is 0 Å². The van der Waals surface area contributed by atoms with Crippen molar-refractivity contribution < 1.29 is 18.3 Å². The van der Waals surface area contributed by atoms with Crippen molar-refractivity contribution in [2.75, 3.05) is 0 Å². The number of sulfonamides is 1. The minimum absolute atomic E-state index is 0.0169. The molecule has 0 heterocycles. The Morgan fingerprint density at radius 3 is 2.25 bits per heavy atom. The number of amides is 1. The number of nitrogens with one attached hydrogen (secondary N) is 2. The smallest absolute Gasteiger partial charge is 0.266 e. The van der Waals surface area contributed by atoms with Crippen LogP contribution in [0.3, 0.4) is 0 Å². The number of rotatable bonds is 4. The predicted molar refractivity (Wildman–Crippen MR) is 89.8 cm³/mol. The summed E-state index contributed by atoms with van der Waals surface area (Å²) in [5.41, 5.74) is 2.36. The Balaban J connectivity index is 1.77. The van der Waals surface area contributed by atoms with Gasteiger partial charge in [0.05, 0.1) is 4.90 Å². The molecule has 0 bridgehead atoms. The van der Waals surface area contributed by atoms with Crippen LogP contribution in [-0.4, -0.2) is 19.4 Å². The molecule has 0 atom stereocenters. The van der Waals surface area contributed by atoms with Gasteiger partial charge >= 0.3 is 0 Å². The number of hydrazine groups is 1. The lowest BCUT2D eigenvalue weighted by Crippen LogP contribution is -2.41. The molecule has 0 aliphatic rings. The molecule has 0 saturated heterocycles. The minimum Gasteiger partial charge on any atom is -0.508 e. The molecule has 0 spiro atoms. The van der Waals surface area contributed by atoms with Crippen molar-refractivity contribution in [3.63, 3.8) is 0 Å². The van der Waals surface area contributed by atoms with E-state index in [2.05, 4.69) is 10.3 Å². The van der Waals surface area contributed by atoms with E-state index in [4.69, 9.17) is 0 Å². The first-order valence-electron chi connectivity index (χ1n) is 7.06. The van der Waals surface area contributed by atoms with E-state index in [0.717, 1.165) is 10.8 Å². The first kappa shape index (κ1) is 16.0. The van der Waals surface area contributed by atoms with Gasteiger partial charge in [0.1, 0.15) is 5.75 Å². The van der Waals surface area contributed by atoms with Crippen molar-refractivity contribution in [3.8, 4) is 5.75 Å². The minimum atomic E-state index is -3.89. The molecular weight excluding hydrogens is 328 g/mol. The predicted octanol–water partition coefficient (Wildman–Crippen LogP) is 2.17. The quantitative estimate of drug-likeness (QED) is 0.633. The average molecular weight is 342 g/mol. The number of fused-ring (bicyclic) bond motifs is 1. The van der Waals surface area contributed by atoms with E-state index in [0.29, 0.717) is 0 Å². The number of carbonyl (C=O) groups is 1. The molecule has 0 radical (unpaired) electrons. The molecule has 6 nitrogen and oxygen atoms in total. The van der Waals surface area contributed by atoms with Crippen LogP contribution in [0.2, 0.25) is 0 Å². The Morgan fingerprint density at radius 2 is 1.54 bits per heavy atom. The molecule has 3 aromatic rings. The Labute approximate surface area is 138 Å². The van der Waals surface area contributed by atoms with Crippen molar-refractivity contribution in [2.45, 2.75) is 4.90 Å². The summed E-state index contributed by atoms with van der Waals surface area (Å²) >= 11 is 0. The molecule has 24 heavy (non-hydrogen) atoms. The lowest BCUT2D eigenvalue weighted by atomic mass is 10.1. The second-order valence-electron chi connectivity index (χ2n) is 5.12. The molecule has 3 aromatic carbocycles. The zero-order valence-corrected chi connectivity index (χ0v) is 13.2. The fourth-order valence-corrected chi connectivity index (χ4v) is 3.07. The third-order valence-corrected chi connectivity index (χ3v) is 4.70. The highest BCUT2D eigenvalue weighted by atomic mass is 32.2. The van der Waals surface area contributed by atoms with Crippen LogP contribution in [0.1, 0.15) is 10.4 Å². The molecule has 122 valence electrons. The van der Waals surface area contributed by atoms with Crippen molar-refractivity contribution in [1.82, 2.24) is 10.3 Å². The van der Waals surface area contributed by atoms with Gasteiger partial charge in [0.15, 0.2) is 0 Å². The molecule has 0 unspecified atom stereocenters. The topological polar surface area (TPSA) is 95.5 Å². The van der Waals surface area contributed by atoms with Crippen LogP contribution >= 0.6 is 0 Å². The van der Waals surface area contributed by atoms with E-state index in [-0.39, 0.29) is 16.2 Å². The fraction of sp³-hybridized carbons (Fsp3) is 0. The fourth-order valence-electron chi connectivity index (χ4n) is 2.19. The van der Waals surface area contributed by atoms with Gasteiger partial charge in [-0.2, -0.15) is 0 Å². The van der Waals surface area contributed by atoms with Gasteiger partial charge < -0.3 is 5.11 Å². The third-order valence-electron chi connectivity index (χ3n) is 3.46. The Morgan fingerprint density at radius 1 is 0.875 bits per heavy atom. The lowest BCUT2D eigenvalue weighted by molar-refractivity contribution is 0.0945. The second-order valence-corrected chi connectivity index (χ2v) is 6.80. The number of phenols is 1. The maximum absolute atomic E-state index is 12.3. The van der Waals surface area contributed by atoms with E-state index in [1.165, 1.54) is 36.4 Å². The Kier molecular flexibility index (Phi) is 4.20. The van der Waals surface area contributed by atoms with Gasteiger partial charge in [-0.15, -0.1) is 4.83 Å². The Bertz CT molecular complexity index is 999. The highest BCUT2D eigenvalue weighted by molar-refractivity contribution is 7.89. The van der Waals surface area contributed by atoms with Crippen molar-refractivity contribution in [3.05, 3.63) is 72.3 Å². The summed E-state index contributed by atoms with van der Waals surface area (Å²) in [6, 6.07) is 17.5. The zero-order valence-electron chi connectivity index (χ0n) is 12.4. The standard InChI is InChI=1S/C17H14N2O4S/c20-15-8-5-13(6-9-15)17(21)18-19-24(22,23)16-10-7-12-3-1-2-4-14(12)11-16/h1-11,19-20H,(H,18,21). The Hall–Kier alpha value is -2.90. The first-order valence-corrected chi connectivity index (χ1v) is 8.54. The number of benzene rings is 3. The number of phenolic OH excluding ortho intramolecular Hbond substituents is 1. The van der Waals surface area contributed by atoms with E-state index >= 15 is 0 Å². The van der Waals surface area contributed by atoms with E-state index < -0.39 is 15.9 Å². The first-order chi connectivity index (χ1) is 11.5. The molecule has 0 aromatic heterocycles. The van der Waals surface area contributed by atoms with Crippen LogP contribution in [0.25, 0.3) is 10.8 Å². The maximum Gasteiger partial charge on any atom is 0.266 e.